The molecule has 2 saturated heterocycles. The number of nitrogens with zero attached hydrogens (tertiary/aromatic N) is 1. The summed E-state index contributed by atoms with van der Waals surface area (Å²) < 4.78 is 1.06. The van der Waals surface area contributed by atoms with Crippen molar-refractivity contribution in [3.8, 4) is 0 Å². The fraction of sp³-hybridized carbons (Fsp3) is 0.588. The van der Waals surface area contributed by atoms with Gasteiger partial charge in [-0.05, 0) is 56.0 Å². The summed E-state index contributed by atoms with van der Waals surface area (Å²) in [5, 5.41) is 6.57. The van der Waals surface area contributed by atoms with E-state index in [-0.39, 0.29) is 11.9 Å². The van der Waals surface area contributed by atoms with Gasteiger partial charge >= 0.3 is 0 Å². The van der Waals surface area contributed by atoms with Crippen LogP contribution in [-0.4, -0.2) is 43.5 Å². The minimum atomic E-state index is 0.0466. The zero-order valence-electron chi connectivity index (χ0n) is 13.1. The van der Waals surface area contributed by atoms with Crippen molar-refractivity contribution in [2.45, 2.75) is 25.8 Å². The maximum absolute atomic E-state index is 12.3. The second-order valence-corrected chi connectivity index (χ2v) is 7.64. The van der Waals surface area contributed by atoms with Gasteiger partial charge in [-0.15, -0.1) is 0 Å². The fourth-order valence-corrected chi connectivity index (χ4v) is 3.90. The third-order valence-electron chi connectivity index (χ3n) is 4.96. The van der Waals surface area contributed by atoms with Crippen molar-refractivity contribution < 1.29 is 4.79 Å². The summed E-state index contributed by atoms with van der Waals surface area (Å²) in [6.45, 7) is 6.89. The van der Waals surface area contributed by atoms with E-state index in [0.29, 0.717) is 12.0 Å². The molecule has 1 aromatic carbocycles. The largest absolute Gasteiger partial charge is 0.348 e. The highest BCUT2D eigenvalue weighted by atomic mass is 79.9. The number of carbonyl (C=O) groups excluding carboxylic acids is 1. The van der Waals surface area contributed by atoms with Crippen molar-refractivity contribution in [2.75, 3.05) is 32.7 Å². The number of halogens is 1. The molecule has 2 fully saturated rings. The predicted molar refractivity (Wildman–Crippen MR) is 91.7 cm³/mol. The number of nitrogens with one attached hydrogen (secondary N) is 2. The van der Waals surface area contributed by atoms with Crippen LogP contribution in [0, 0.1) is 5.41 Å². The highest BCUT2D eigenvalue weighted by Gasteiger charge is 2.40. The van der Waals surface area contributed by atoms with E-state index in [1.165, 1.54) is 12.8 Å². The van der Waals surface area contributed by atoms with E-state index >= 15 is 0 Å². The second kappa shape index (κ2) is 6.69. The Kier molecular flexibility index (Phi) is 4.85. The van der Waals surface area contributed by atoms with Crippen molar-refractivity contribution >= 4 is 21.8 Å². The Morgan fingerprint density at radius 3 is 2.86 bits per heavy atom. The Bertz CT molecular complexity index is 525. The zero-order valence-corrected chi connectivity index (χ0v) is 14.7. The van der Waals surface area contributed by atoms with Gasteiger partial charge in [-0.3, -0.25) is 9.69 Å². The van der Waals surface area contributed by atoms with Crippen LogP contribution in [-0.2, 0) is 4.79 Å². The van der Waals surface area contributed by atoms with Crippen LogP contribution in [0.15, 0.2) is 28.7 Å². The van der Waals surface area contributed by atoms with Gasteiger partial charge in [-0.25, -0.2) is 0 Å². The van der Waals surface area contributed by atoms with Gasteiger partial charge in [-0.1, -0.05) is 28.1 Å². The smallest absolute Gasteiger partial charge is 0.234 e. The van der Waals surface area contributed by atoms with Gasteiger partial charge in [0.15, 0.2) is 0 Å². The van der Waals surface area contributed by atoms with Crippen LogP contribution < -0.4 is 10.6 Å². The molecule has 2 N–H and O–H groups in total. The maximum Gasteiger partial charge on any atom is 0.234 e. The number of benzene rings is 1. The minimum Gasteiger partial charge on any atom is -0.348 e. The van der Waals surface area contributed by atoms with Crippen molar-refractivity contribution in [3.63, 3.8) is 0 Å². The van der Waals surface area contributed by atoms with E-state index < -0.39 is 0 Å². The summed E-state index contributed by atoms with van der Waals surface area (Å²) in [5.74, 6) is 0.124. The van der Waals surface area contributed by atoms with Crippen molar-refractivity contribution in [1.29, 1.82) is 0 Å². The summed E-state index contributed by atoms with van der Waals surface area (Å²) in [6.07, 6.45) is 2.47. The van der Waals surface area contributed by atoms with Crippen molar-refractivity contribution in [2.24, 2.45) is 5.41 Å². The molecule has 3 rings (SSSR count). The standard InChI is InChI=1S/C17H24BrN3O/c1-13(14-2-4-15(18)5-3-14)20-16(22)10-21-9-7-17(12-21)6-8-19-11-17/h2-5,13,19H,6-12H2,1H3,(H,20,22). The first kappa shape index (κ1) is 16.0. The Hall–Kier alpha value is -0.910. The number of hydrogen-bond donors (Lipinski definition) is 2. The van der Waals surface area contributed by atoms with Crippen LogP contribution >= 0.6 is 15.9 Å². The lowest BCUT2D eigenvalue weighted by atomic mass is 9.87. The van der Waals surface area contributed by atoms with E-state index in [4.69, 9.17) is 0 Å². The first-order valence-corrected chi connectivity index (χ1v) is 8.84. The number of hydrogen-bond acceptors (Lipinski definition) is 3. The Morgan fingerprint density at radius 1 is 1.41 bits per heavy atom. The Labute approximate surface area is 140 Å². The molecule has 4 nitrogen and oxygen atoms in total. The molecule has 0 aromatic heterocycles. The number of rotatable bonds is 4. The van der Waals surface area contributed by atoms with Crippen LogP contribution in [0.1, 0.15) is 31.4 Å². The van der Waals surface area contributed by atoms with Crippen molar-refractivity contribution in [3.05, 3.63) is 34.3 Å². The average Bonchev–Trinajstić information content (AvgIpc) is 3.10. The van der Waals surface area contributed by atoms with Crippen LogP contribution in [0.2, 0.25) is 0 Å². The lowest BCUT2D eigenvalue weighted by Crippen LogP contribution is -2.38. The maximum atomic E-state index is 12.3. The molecule has 2 aliphatic heterocycles. The zero-order chi connectivity index (χ0) is 15.6. The third-order valence-corrected chi connectivity index (χ3v) is 5.49. The van der Waals surface area contributed by atoms with Gasteiger partial charge in [0.2, 0.25) is 5.91 Å². The van der Waals surface area contributed by atoms with Crippen LogP contribution in [0.3, 0.4) is 0 Å². The molecule has 1 spiro atoms. The molecule has 0 bridgehead atoms. The lowest BCUT2D eigenvalue weighted by Gasteiger charge is -2.23. The molecular formula is C17H24BrN3O. The molecule has 120 valence electrons. The molecule has 22 heavy (non-hydrogen) atoms. The van der Waals surface area contributed by atoms with Gasteiger partial charge < -0.3 is 10.6 Å². The summed E-state index contributed by atoms with van der Waals surface area (Å²) in [4.78, 5) is 14.6. The van der Waals surface area contributed by atoms with Crippen LogP contribution in [0.25, 0.3) is 0 Å². The highest BCUT2D eigenvalue weighted by molar-refractivity contribution is 9.10. The monoisotopic (exact) mass is 365 g/mol. The topological polar surface area (TPSA) is 44.4 Å². The van der Waals surface area contributed by atoms with Crippen LogP contribution in [0.5, 0.6) is 0 Å². The third kappa shape index (κ3) is 3.70. The molecule has 0 radical (unpaired) electrons. The van der Waals surface area contributed by atoms with Gasteiger partial charge in [0.05, 0.1) is 12.6 Å². The molecule has 2 atom stereocenters. The molecular weight excluding hydrogens is 342 g/mol. The van der Waals surface area contributed by atoms with E-state index in [1.54, 1.807) is 0 Å². The lowest BCUT2D eigenvalue weighted by molar-refractivity contribution is -0.122. The van der Waals surface area contributed by atoms with Gasteiger partial charge in [0, 0.05) is 17.6 Å². The molecule has 2 unspecified atom stereocenters. The SMILES string of the molecule is CC(NC(=O)CN1CCC2(CCNC2)C1)c1ccc(Br)cc1. The molecule has 2 heterocycles. The summed E-state index contributed by atoms with van der Waals surface area (Å²) >= 11 is 3.43. The van der Waals surface area contributed by atoms with E-state index in [9.17, 15) is 4.79 Å². The molecule has 5 heteroatoms. The molecule has 0 aliphatic carbocycles. The molecule has 2 aliphatic rings. The van der Waals surface area contributed by atoms with E-state index in [2.05, 4.69) is 31.5 Å². The summed E-state index contributed by atoms with van der Waals surface area (Å²) in [5.41, 5.74) is 1.56. The summed E-state index contributed by atoms with van der Waals surface area (Å²) in [7, 11) is 0. The first-order chi connectivity index (χ1) is 10.6. The quantitative estimate of drug-likeness (QED) is 0.860. The van der Waals surface area contributed by atoms with Gasteiger partial charge in [0.1, 0.15) is 0 Å². The molecule has 1 amide bonds. The van der Waals surface area contributed by atoms with Crippen molar-refractivity contribution in [1.82, 2.24) is 15.5 Å². The fourth-order valence-electron chi connectivity index (χ4n) is 3.63. The van der Waals surface area contributed by atoms with Gasteiger partial charge in [0.25, 0.3) is 0 Å². The average molecular weight is 366 g/mol. The van der Waals surface area contributed by atoms with Crippen LogP contribution in [0.4, 0.5) is 0 Å². The molecule has 1 aromatic rings. The Balaban J connectivity index is 1.49. The Morgan fingerprint density at radius 2 is 2.18 bits per heavy atom. The summed E-state index contributed by atoms with van der Waals surface area (Å²) in [6, 6.07) is 8.16. The van der Waals surface area contributed by atoms with Gasteiger partial charge in [-0.2, -0.15) is 0 Å². The minimum absolute atomic E-state index is 0.0466. The second-order valence-electron chi connectivity index (χ2n) is 6.73. The highest BCUT2D eigenvalue weighted by Crippen LogP contribution is 2.35. The molecule has 0 saturated carbocycles. The normalized spacial score (nSPS) is 26.5. The van der Waals surface area contributed by atoms with E-state index in [1.807, 2.05) is 31.2 Å². The number of amides is 1. The predicted octanol–water partition coefficient (Wildman–Crippen LogP) is 2.31. The number of carbonyl (C=O) groups is 1. The first-order valence-electron chi connectivity index (χ1n) is 8.04. The van der Waals surface area contributed by atoms with E-state index in [0.717, 1.165) is 36.2 Å². The number of likely N-dealkylation sites (tertiary alicyclic amines) is 1.